The van der Waals surface area contributed by atoms with E-state index in [9.17, 15) is 4.79 Å². The van der Waals surface area contributed by atoms with E-state index in [2.05, 4.69) is 10.9 Å². The van der Waals surface area contributed by atoms with Crippen LogP contribution in [0.2, 0.25) is 0 Å². The predicted octanol–water partition coefficient (Wildman–Crippen LogP) is 2.28. The Kier molecular flexibility index (Phi) is 4.70. The third-order valence-electron chi connectivity index (χ3n) is 5.36. The topological polar surface area (TPSA) is 66.7 Å². The number of aryl methyl sites for hydroxylation is 2. The lowest BCUT2D eigenvalue weighted by Gasteiger charge is -2.36. The number of nitrogens with zero attached hydrogens (tertiary/aromatic N) is 1. The van der Waals surface area contributed by atoms with Crippen molar-refractivity contribution in [1.82, 2.24) is 15.8 Å². The van der Waals surface area contributed by atoms with E-state index in [1.165, 1.54) is 0 Å². The van der Waals surface area contributed by atoms with Crippen molar-refractivity contribution in [3.05, 3.63) is 53.5 Å². The normalized spacial score (nSPS) is 25.2. The summed E-state index contributed by atoms with van der Waals surface area (Å²) in [5, 5.41) is 0. The molecule has 1 aromatic carbocycles. The van der Waals surface area contributed by atoms with E-state index in [1.54, 1.807) is 0 Å². The third-order valence-corrected chi connectivity index (χ3v) is 5.36. The Morgan fingerprint density at radius 1 is 1.27 bits per heavy atom. The summed E-state index contributed by atoms with van der Waals surface area (Å²) in [7, 11) is 0. The van der Waals surface area contributed by atoms with E-state index in [4.69, 9.17) is 9.15 Å². The van der Waals surface area contributed by atoms with Crippen LogP contribution in [0.25, 0.3) is 0 Å². The number of rotatable bonds is 4. The molecule has 1 aromatic heterocycles. The van der Waals surface area contributed by atoms with Gasteiger partial charge in [-0.1, -0.05) is 18.2 Å². The lowest BCUT2D eigenvalue weighted by Crippen LogP contribution is -2.49. The summed E-state index contributed by atoms with van der Waals surface area (Å²) in [6, 6.07) is 12.2. The number of ether oxygens (including phenoxy) is 1. The highest BCUT2D eigenvalue weighted by molar-refractivity contribution is 5.95. The van der Waals surface area contributed by atoms with Gasteiger partial charge in [-0.3, -0.25) is 15.6 Å². The number of benzene rings is 1. The standard InChI is InChI=1S/C20H25N3O3/c1-13-10-16(14(2)26-13)20(24)23-9-8-18-17(11-23)19(22-21-18)12-25-15-6-4-3-5-7-15/h3-7,10,17-19,21-22H,8-9,11-12H2,1-2H3. The summed E-state index contributed by atoms with van der Waals surface area (Å²) in [6.07, 6.45) is 0.932. The van der Waals surface area contributed by atoms with Crippen molar-refractivity contribution in [3.63, 3.8) is 0 Å². The molecule has 3 atom stereocenters. The van der Waals surface area contributed by atoms with Crippen molar-refractivity contribution in [1.29, 1.82) is 0 Å². The first-order chi connectivity index (χ1) is 12.6. The Bertz CT molecular complexity index is 774. The zero-order valence-corrected chi connectivity index (χ0v) is 15.2. The van der Waals surface area contributed by atoms with E-state index < -0.39 is 0 Å². The molecule has 0 radical (unpaired) electrons. The Morgan fingerprint density at radius 3 is 2.81 bits per heavy atom. The average molecular weight is 355 g/mol. The molecule has 1 amide bonds. The van der Waals surface area contributed by atoms with Crippen LogP contribution in [-0.4, -0.2) is 42.6 Å². The molecule has 2 aliphatic rings. The minimum atomic E-state index is 0.0624. The number of nitrogens with one attached hydrogen (secondary N) is 2. The van der Waals surface area contributed by atoms with Crippen molar-refractivity contribution < 1.29 is 13.9 Å². The number of hydrogen-bond donors (Lipinski definition) is 2. The average Bonchev–Trinajstić information content (AvgIpc) is 3.22. The number of carbonyl (C=O) groups is 1. The van der Waals surface area contributed by atoms with Gasteiger partial charge in [-0.05, 0) is 38.5 Å². The zero-order valence-electron chi connectivity index (χ0n) is 15.2. The van der Waals surface area contributed by atoms with Crippen LogP contribution in [0.5, 0.6) is 5.75 Å². The van der Waals surface area contributed by atoms with Gasteiger partial charge in [-0.25, -0.2) is 0 Å². The molecule has 2 aliphatic heterocycles. The highest BCUT2D eigenvalue weighted by Gasteiger charge is 2.41. The zero-order chi connectivity index (χ0) is 18.1. The van der Waals surface area contributed by atoms with Crippen LogP contribution in [0, 0.1) is 19.8 Å². The Hall–Kier alpha value is -2.31. The summed E-state index contributed by atoms with van der Waals surface area (Å²) in [5.41, 5.74) is 7.40. The van der Waals surface area contributed by atoms with E-state index in [0.29, 0.717) is 29.9 Å². The van der Waals surface area contributed by atoms with E-state index in [0.717, 1.165) is 31.0 Å². The number of furan rings is 1. The first kappa shape index (κ1) is 17.1. The van der Waals surface area contributed by atoms with Crippen LogP contribution in [0.3, 0.4) is 0 Å². The molecule has 2 N–H and O–H groups in total. The first-order valence-corrected chi connectivity index (χ1v) is 9.17. The highest BCUT2D eigenvalue weighted by Crippen LogP contribution is 2.27. The fourth-order valence-corrected chi connectivity index (χ4v) is 3.96. The predicted molar refractivity (Wildman–Crippen MR) is 98.0 cm³/mol. The van der Waals surface area contributed by atoms with Crippen LogP contribution in [-0.2, 0) is 0 Å². The molecule has 3 unspecified atom stereocenters. The number of hydrogen-bond acceptors (Lipinski definition) is 5. The molecular formula is C20H25N3O3. The number of likely N-dealkylation sites (tertiary alicyclic amines) is 1. The number of carbonyl (C=O) groups excluding carboxylic acids is 1. The maximum Gasteiger partial charge on any atom is 0.257 e. The Morgan fingerprint density at radius 2 is 2.08 bits per heavy atom. The molecular weight excluding hydrogens is 330 g/mol. The van der Waals surface area contributed by atoms with Gasteiger partial charge in [0, 0.05) is 25.0 Å². The maximum atomic E-state index is 12.9. The lowest BCUT2D eigenvalue weighted by atomic mass is 9.88. The summed E-state index contributed by atoms with van der Waals surface area (Å²) in [5.74, 6) is 2.73. The Labute approximate surface area is 153 Å². The van der Waals surface area contributed by atoms with Gasteiger partial charge in [-0.15, -0.1) is 0 Å². The van der Waals surface area contributed by atoms with Crippen molar-refractivity contribution in [2.24, 2.45) is 5.92 Å². The van der Waals surface area contributed by atoms with E-state index in [1.807, 2.05) is 55.1 Å². The fraction of sp³-hybridized carbons (Fsp3) is 0.450. The van der Waals surface area contributed by atoms with Crippen LogP contribution >= 0.6 is 0 Å². The Balaban J connectivity index is 1.41. The molecule has 26 heavy (non-hydrogen) atoms. The molecule has 3 heterocycles. The second kappa shape index (κ2) is 7.13. The molecule has 2 saturated heterocycles. The summed E-state index contributed by atoms with van der Waals surface area (Å²) < 4.78 is 11.5. The van der Waals surface area contributed by atoms with Gasteiger partial charge in [0.25, 0.3) is 5.91 Å². The number of para-hydroxylation sites is 1. The van der Waals surface area contributed by atoms with Gasteiger partial charge in [0.15, 0.2) is 0 Å². The van der Waals surface area contributed by atoms with Gasteiger partial charge >= 0.3 is 0 Å². The third kappa shape index (κ3) is 3.34. The lowest BCUT2D eigenvalue weighted by molar-refractivity contribution is 0.0638. The highest BCUT2D eigenvalue weighted by atomic mass is 16.5. The second-order valence-electron chi connectivity index (χ2n) is 7.16. The quantitative estimate of drug-likeness (QED) is 0.881. The van der Waals surface area contributed by atoms with Gasteiger partial charge in [0.2, 0.25) is 0 Å². The summed E-state index contributed by atoms with van der Waals surface area (Å²) in [4.78, 5) is 14.8. The van der Waals surface area contributed by atoms with Gasteiger partial charge in [-0.2, -0.15) is 0 Å². The maximum absolute atomic E-state index is 12.9. The van der Waals surface area contributed by atoms with Crippen LogP contribution in [0.15, 0.2) is 40.8 Å². The van der Waals surface area contributed by atoms with Gasteiger partial charge in [0.1, 0.15) is 23.9 Å². The molecule has 2 fully saturated rings. The number of amides is 1. The molecule has 0 aliphatic carbocycles. The molecule has 138 valence electrons. The SMILES string of the molecule is Cc1cc(C(=O)N2CCC3NNC(COc4ccccc4)C3C2)c(C)o1. The van der Waals surface area contributed by atoms with Crippen LogP contribution in [0.4, 0.5) is 0 Å². The number of hydrazine groups is 1. The molecule has 0 saturated carbocycles. The van der Waals surface area contributed by atoms with Gasteiger partial charge < -0.3 is 14.1 Å². The fourth-order valence-electron chi connectivity index (χ4n) is 3.96. The van der Waals surface area contributed by atoms with E-state index in [-0.39, 0.29) is 11.9 Å². The van der Waals surface area contributed by atoms with E-state index >= 15 is 0 Å². The molecule has 4 rings (SSSR count). The minimum Gasteiger partial charge on any atom is -0.492 e. The smallest absolute Gasteiger partial charge is 0.257 e. The summed E-state index contributed by atoms with van der Waals surface area (Å²) >= 11 is 0. The van der Waals surface area contributed by atoms with Gasteiger partial charge in [0.05, 0.1) is 11.6 Å². The van der Waals surface area contributed by atoms with Crippen molar-refractivity contribution >= 4 is 5.91 Å². The number of fused-ring (bicyclic) bond motifs is 1. The summed E-state index contributed by atoms with van der Waals surface area (Å²) in [6.45, 7) is 5.77. The van der Waals surface area contributed by atoms with Crippen molar-refractivity contribution in [2.45, 2.75) is 32.4 Å². The monoisotopic (exact) mass is 355 g/mol. The van der Waals surface area contributed by atoms with Crippen LogP contribution in [0.1, 0.15) is 28.3 Å². The largest absolute Gasteiger partial charge is 0.492 e. The molecule has 6 nitrogen and oxygen atoms in total. The van der Waals surface area contributed by atoms with Crippen LogP contribution < -0.4 is 15.6 Å². The molecule has 0 spiro atoms. The van der Waals surface area contributed by atoms with Crippen molar-refractivity contribution in [3.8, 4) is 5.75 Å². The number of piperidine rings is 1. The molecule has 0 bridgehead atoms. The molecule has 2 aromatic rings. The van der Waals surface area contributed by atoms with Crippen molar-refractivity contribution in [2.75, 3.05) is 19.7 Å². The second-order valence-corrected chi connectivity index (χ2v) is 7.16. The minimum absolute atomic E-state index is 0.0624. The first-order valence-electron chi connectivity index (χ1n) is 9.17. The molecule has 6 heteroatoms.